The lowest BCUT2D eigenvalue weighted by Gasteiger charge is -2.12. The number of unbranched alkanes of at least 4 members (excludes halogenated alkanes) is 4. The van der Waals surface area contributed by atoms with Gasteiger partial charge in [-0.3, -0.25) is 0 Å². The van der Waals surface area contributed by atoms with Crippen LogP contribution in [0, 0.1) is 6.92 Å². The van der Waals surface area contributed by atoms with E-state index in [2.05, 4.69) is 16.9 Å². The summed E-state index contributed by atoms with van der Waals surface area (Å²) in [7, 11) is 0. The van der Waals surface area contributed by atoms with Crippen LogP contribution in [0.25, 0.3) is 11.3 Å². The Morgan fingerprint density at radius 1 is 1.04 bits per heavy atom. The normalized spacial score (nSPS) is 10.6. The molecule has 146 valence electrons. The number of anilines is 1. The molecule has 27 heavy (non-hydrogen) atoms. The van der Waals surface area contributed by atoms with Crippen LogP contribution in [0.5, 0.6) is 5.75 Å². The number of benzene rings is 1. The van der Waals surface area contributed by atoms with Crippen LogP contribution in [-0.4, -0.2) is 29.2 Å². The molecule has 0 unspecified atom stereocenters. The SMILES string of the molecule is CCCCCCCOc1ccc(-c2nc(N)nc(C)c2C(=O)OCC)cc1. The van der Waals surface area contributed by atoms with Gasteiger partial charge in [-0.15, -0.1) is 0 Å². The molecule has 6 nitrogen and oxygen atoms in total. The van der Waals surface area contributed by atoms with Crippen molar-refractivity contribution in [1.29, 1.82) is 0 Å². The molecule has 0 amide bonds. The molecule has 0 saturated heterocycles. The Labute approximate surface area is 161 Å². The van der Waals surface area contributed by atoms with Crippen LogP contribution in [0.1, 0.15) is 62.0 Å². The third-order valence-corrected chi connectivity index (χ3v) is 4.23. The molecule has 1 aromatic heterocycles. The third kappa shape index (κ3) is 5.94. The quantitative estimate of drug-likeness (QED) is 0.486. The van der Waals surface area contributed by atoms with Crippen molar-refractivity contribution in [2.75, 3.05) is 18.9 Å². The second-order valence-corrected chi connectivity index (χ2v) is 6.40. The fraction of sp³-hybridized carbons (Fsp3) is 0.476. The molecule has 0 radical (unpaired) electrons. The van der Waals surface area contributed by atoms with E-state index >= 15 is 0 Å². The number of hydrogen-bond acceptors (Lipinski definition) is 6. The van der Waals surface area contributed by atoms with Gasteiger partial charge in [0.15, 0.2) is 0 Å². The van der Waals surface area contributed by atoms with Crippen molar-refractivity contribution in [2.24, 2.45) is 0 Å². The summed E-state index contributed by atoms with van der Waals surface area (Å²) >= 11 is 0. The predicted molar refractivity (Wildman–Crippen MR) is 107 cm³/mol. The molecule has 2 N–H and O–H groups in total. The summed E-state index contributed by atoms with van der Waals surface area (Å²) in [5, 5.41) is 0. The number of aryl methyl sites for hydroxylation is 1. The maximum atomic E-state index is 12.3. The lowest BCUT2D eigenvalue weighted by molar-refractivity contribution is 0.0525. The van der Waals surface area contributed by atoms with Crippen molar-refractivity contribution in [3.05, 3.63) is 35.5 Å². The van der Waals surface area contributed by atoms with Crippen LogP contribution in [0.3, 0.4) is 0 Å². The van der Waals surface area contributed by atoms with Gasteiger partial charge in [0.25, 0.3) is 0 Å². The first-order valence-corrected chi connectivity index (χ1v) is 9.61. The molecule has 1 aromatic carbocycles. The maximum absolute atomic E-state index is 12.3. The van der Waals surface area contributed by atoms with Gasteiger partial charge >= 0.3 is 5.97 Å². The highest BCUT2D eigenvalue weighted by atomic mass is 16.5. The highest BCUT2D eigenvalue weighted by molar-refractivity contribution is 5.97. The van der Waals surface area contributed by atoms with Crippen molar-refractivity contribution < 1.29 is 14.3 Å². The van der Waals surface area contributed by atoms with E-state index in [0.29, 0.717) is 23.6 Å². The molecule has 0 fully saturated rings. The Morgan fingerprint density at radius 3 is 2.41 bits per heavy atom. The summed E-state index contributed by atoms with van der Waals surface area (Å²) < 4.78 is 10.9. The molecule has 0 aliphatic rings. The molecule has 2 rings (SSSR count). The van der Waals surface area contributed by atoms with E-state index in [1.54, 1.807) is 13.8 Å². The molecule has 0 saturated carbocycles. The van der Waals surface area contributed by atoms with Crippen molar-refractivity contribution in [2.45, 2.75) is 52.9 Å². The average molecular weight is 371 g/mol. The van der Waals surface area contributed by atoms with Gasteiger partial charge in [0.05, 0.1) is 24.6 Å². The molecule has 2 aromatic rings. The zero-order valence-electron chi connectivity index (χ0n) is 16.5. The van der Waals surface area contributed by atoms with Crippen LogP contribution in [-0.2, 0) is 4.74 Å². The van der Waals surface area contributed by atoms with E-state index in [1.807, 2.05) is 24.3 Å². The molecule has 6 heteroatoms. The van der Waals surface area contributed by atoms with Gasteiger partial charge in [0, 0.05) is 5.56 Å². The molecule has 0 spiro atoms. The van der Waals surface area contributed by atoms with E-state index < -0.39 is 5.97 Å². The third-order valence-electron chi connectivity index (χ3n) is 4.23. The second kappa shape index (κ2) is 10.5. The number of carbonyl (C=O) groups excluding carboxylic acids is 1. The first-order valence-electron chi connectivity index (χ1n) is 9.61. The highest BCUT2D eigenvalue weighted by Crippen LogP contribution is 2.27. The summed E-state index contributed by atoms with van der Waals surface area (Å²) in [6.07, 6.45) is 6.01. The largest absolute Gasteiger partial charge is 0.494 e. The first kappa shape index (κ1) is 20.7. The summed E-state index contributed by atoms with van der Waals surface area (Å²) in [5.74, 6) is 0.478. The van der Waals surface area contributed by atoms with Gasteiger partial charge in [0.2, 0.25) is 5.95 Å². The van der Waals surface area contributed by atoms with Crippen LogP contribution in [0.15, 0.2) is 24.3 Å². The van der Waals surface area contributed by atoms with E-state index in [0.717, 1.165) is 17.7 Å². The maximum Gasteiger partial charge on any atom is 0.342 e. The monoisotopic (exact) mass is 371 g/mol. The number of carbonyl (C=O) groups is 1. The van der Waals surface area contributed by atoms with Crippen molar-refractivity contribution in [3.63, 3.8) is 0 Å². The fourth-order valence-electron chi connectivity index (χ4n) is 2.86. The molecular formula is C21H29N3O3. The van der Waals surface area contributed by atoms with Gasteiger partial charge in [-0.05, 0) is 44.5 Å². The number of rotatable bonds is 10. The minimum absolute atomic E-state index is 0.128. The molecule has 0 atom stereocenters. The smallest absolute Gasteiger partial charge is 0.342 e. The minimum atomic E-state index is -0.447. The van der Waals surface area contributed by atoms with Crippen LogP contribution >= 0.6 is 0 Å². The Morgan fingerprint density at radius 2 is 1.74 bits per heavy atom. The number of nitrogens with two attached hydrogens (primary N) is 1. The van der Waals surface area contributed by atoms with Crippen LogP contribution in [0.2, 0.25) is 0 Å². The van der Waals surface area contributed by atoms with E-state index in [-0.39, 0.29) is 12.6 Å². The standard InChI is InChI=1S/C21H29N3O3/c1-4-6-7-8-9-14-27-17-12-10-16(11-13-17)19-18(20(25)26-5-2)15(3)23-21(22)24-19/h10-13H,4-9,14H2,1-3H3,(H2,22,23,24). The lowest BCUT2D eigenvalue weighted by atomic mass is 10.0. The van der Waals surface area contributed by atoms with Crippen molar-refractivity contribution >= 4 is 11.9 Å². The number of nitrogens with zero attached hydrogens (tertiary/aromatic N) is 2. The molecular weight excluding hydrogens is 342 g/mol. The Hall–Kier alpha value is -2.63. The highest BCUT2D eigenvalue weighted by Gasteiger charge is 2.20. The van der Waals surface area contributed by atoms with Gasteiger partial charge in [-0.1, -0.05) is 32.6 Å². The Balaban J connectivity index is 2.11. The lowest BCUT2D eigenvalue weighted by Crippen LogP contribution is -2.13. The summed E-state index contributed by atoms with van der Waals surface area (Å²) in [5.41, 5.74) is 7.88. The van der Waals surface area contributed by atoms with Crippen LogP contribution in [0.4, 0.5) is 5.95 Å². The molecule has 1 heterocycles. The Kier molecular flexibility index (Phi) is 8.04. The molecule has 0 aliphatic heterocycles. The summed E-state index contributed by atoms with van der Waals surface area (Å²) in [6.45, 7) is 6.69. The number of esters is 1. The van der Waals surface area contributed by atoms with E-state index in [9.17, 15) is 4.79 Å². The first-order chi connectivity index (χ1) is 13.1. The van der Waals surface area contributed by atoms with E-state index in [4.69, 9.17) is 15.2 Å². The van der Waals surface area contributed by atoms with Crippen LogP contribution < -0.4 is 10.5 Å². The van der Waals surface area contributed by atoms with Gasteiger partial charge in [-0.2, -0.15) is 0 Å². The number of hydrogen-bond donors (Lipinski definition) is 1. The zero-order chi connectivity index (χ0) is 19.6. The van der Waals surface area contributed by atoms with Gasteiger partial charge in [0.1, 0.15) is 11.3 Å². The Bertz CT molecular complexity index is 745. The van der Waals surface area contributed by atoms with Gasteiger partial charge < -0.3 is 15.2 Å². The van der Waals surface area contributed by atoms with Crippen molar-refractivity contribution in [1.82, 2.24) is 9.97 Å². The second-order valence-electron chi connectivity index (χ2n) is 6.40. The number of aromatic nitrogens is 2. The number of nitrogen functional groups attached to an aromatic ring is 1. The summed E-state index contributed by atoms with van der Waals surface area (Å²) in [4.78, 5) is 20.7. The zero-order valence-corrected chi connectivity index (χ0v) is 16.5. The number of ether oxygens (including phenoxy) is 2. The fourth-order valence-corrected chi connectivity index (χ4v) is 2.86. The molecule has 0 aliphatic carbocycles. The predicted octanol–water partition coefficient (Wildman–Crippen LogP) is 4.56. The summed E-state index contributed by atoms with van der Waals surface area (Å²) in [6, 6.07) is 7.50. The van der Waals surface area contributed by atoms with E-state index in [1.165, 1.54) is 25.7 Å². The van der Waals surface area contributed by atoms with Crippen molar-refractivity contribution in [3.8, 4) is 17.0 Å². The molecule has 0 bridgehead atoms. The van der Waals surface area contributed by atoms with Gasteiger partial charge in [-0.25, -0.2) is 14.8 Å². The topological polar surface area (TPSA) is 87.3 Å². The minimum Gasteiger partial charge on any atom is -0.494 e. The average Bonchev–Trinajstić information content (AvgIpc) is 2.64.